The molecule has 0 amide bonds. The first-order valence-corrected chi connectivity index (χ1v) is 9.12. The van der Waals surface area contributed by atoms with Crippen molar-refractivity contribution in [3.63, 3.8) is 0 Å². The molecule has 1 aliphatic heterocycles. The number of benzene rings is 3. The van der Waals surface area contributed by atoms with Crippen LogP contribution in [0.3, 0.4) is 0 Å². The van der Waals surface area contributed by atoms with Gasteiger partial charge in [0.1, 0.15) is 0 Å². The van der Waals surface area contributed by atoms with Crippen molar-refractivity contribution in [2.75, 3.05) is 4.90 Å². The number of fused-ring (bicyclic) bond motifs is 2. The van der Waals surface area contributed by atoms with Crippen LogP contribution in [0.5, 0.6) is 0 Å². The SMILES string of the molecule is CC(C)(C)c1cccc(N2c3ccccc3Sc3ccccc32)c1. The summed E-state index contributed by atoms with van der Waals surface area (Å²) in [7, 11) is 0. The quantitative estimate of drug-likeness (QED) is 0.372. The molecule has 0 fully saturated rings. The zero-order valence-electron chi connectivity index (χ0n) is 14.3. The van der Waals surface area contributed by atoms with Gasteiger partial charge in [-0.25, -0.2) is 0 Å². The first-order valence-electron chi connectivity index (χ1n) is 8.31. The molecule has 120 valence electrons. The molecule has 0 spiro atoms. The minimum atomic E-state index is 0.138. The highest BCUT2D eigenvalue weighted by Crippen LogP contribution is 2.51. The van der Waals surface area contributed by atoms with Crippen LogP contribution in [0.15, 0.2) is 82.6 Å². The second-order valence-electron chi connectivity index (χ2n) is 7.17. The molecule has 0 radical (unpaired) electrons. The van der Waals surface area contributed by atoms with Gasteiger partial charge >= 0.3 is 0 Å². The molecular weight excluding hydrogens is 310 g/mol. The predicted molar refractivity (Wildman–Crippen MR) is 104 cm³/mol. The molecule has 0 saturated carbocycles. The third kappa shape index (κ3) is 2.61. The van der Waals surface area contributed by atoms with Crippen LogP contribution in [0.4, 0.5) is 17.1 Å². The summed E-state index contributed by atoms with van der Waals surface area (Å²) in [6, 6.07) is 26.2. The summed E-state index contributed by atoms with van der Waals surface area (Å²) in [6.45, 7) is 6.79. The Labute approximate surface area is 148 Å². The summed E-state index contributed by atoms with van der Waals surface area (Å²) in [6.07, 6.45) is 0. The van der Waals surface area contributed by atoms with Gasteiger partial charge in [0.2, 0.25) is 0 Å². The molecule has 0 unspecified atom stereocenters. The highest BCUT2D eigenvalue weighted by atomic mass is 32.2. The molecule has 0 saturated heterocycles. The molecule has 0 N–H and O–H groups in total. The van der Waals surface area contributed by atoms with Crippen molar-refractivity contribution in [3.8, 4) is 0 Å². The zero-order chi connectivity index (χ0) is 16.7. The van der Waals surface area contributed by atoms with E-state index < -0.39 is 0 Å². The Morgan fingerprint density at radius 3 is 1.88 bits per heavy atom. The van der Waals surface area contributed by atoms with Crippen molar-refractivity contribution >= 4 is 28.8 Å². The van der Waals surface area contributed by atoms with E-state index in [2.05, 4.69) is 98.5 Å². The Morgan fingerprint density at radius 1 is 0.708 bits per heavy atom. The van der Waals surface area contributed by atoms with E-state index in [9.17, 15) is 0 Å². The molecule has 1 aliphatic rings. The molecule has 1 heterocycles. The van der Waals surface area contributed by atoms with Gasteiger partial charge in [-0.15, -0.1) is 0 Å². The van der Waals surface area contributed by atoms with E-state index in [1.165, 1.54) is 32.4 Å². The standard InChI is InChI=1S/C22H21NS/c1-22(2,3)16-9-8-10-17(15-16)23-18-11-4-6-13-20(18)24-21-14-7-5-12-19(21)23/h4-15H,1-3H3. The van der Waals surface area contributed by atoms with E-state index in [1.807, 2.05) is 11.8 Å². The number of anilines is 3. The van der Waals surface area contributed by atoms with E-state index in [1.54, 1.807) is 0 Å². The Morgan fingerprint density at radius 2 is 1.29 bits per heavy atom. The maximum Gasteiger partial charge on any atom is 0.0601 e. The summed E-state index contributed by atoms with van der Waals surface area (Å²) < 4.78 is 0. The van der Waals surface area contributed by atoms with Crippen molar-refractivity contribution in [2.45, 2.75) is 36.0 Å². The fourth-order valence-electron chi connectivity index (χ4n) is 3.09. The summed E-state index contributed by atoms with van der Waals surface area (Å²) >= 11 is 1.85. The van der Waals surface area contributed by atoms with Crippen LogP contribution in [0.2, 0.25) is 0 Å². The summed E-state index contributed by atoms with van der Waals surface area (Å²) in [5.74, 6) is 0. The number of rotatable bonds is 1. The fourth-order valence-corrected chi connectivity index (χ4v) is 4.15. The number of nitrogens with zero attached hydrogens (tertiary/aromatic N) is 1. The van der Waals surface area contributed by atoms with Gasteiger partial charge < -0.3 is 4.90 Å². The molecular formula is C22H21NS. The van der Waals surface area contributed by atoms with Gasteiger partial charge in [0.25, 0.3) is 0 Å². The van der Waals surface area contributed by atoms with Crippen LogP contribution in [0.25, 0.3) is 0 Å². The van der Waals surface area contributed by atoms with Gasteiger partial charge in [0, 0.05) is 15.5 Å². The minimum Gasteiger partial charge on any atom is -0.308 e. The maximum absolute atomic E-state index is 2.39. The fraction of sp³-hybridized carbons (Fsp3) is 0.182. The van der Waals surface area contributed by atoms with Crippen LogP contribution in [-0.4, -0.2) is 0 Å². The maximum atomic E-state index is 2.39. The van der Waals surface area contributed by atoms with Crippen LogP contribution in [0.1, 0.15) is 26.3 Å². The van der Waals surface area contributed by atoms with E-state index >= 15 is 0 Å². The average Bonchev–Trinajstić information content (AvgIpc) is 2.59. The second kappa shape index (κ2) is 5.71. The smallest absolute Gasteiger partial charge is 0.0601 e. The van der Waals surface area contributed by atoms with E-state index in [-0.39, 0.29) is 5.41 Å². The normalized spacial score (nSPS) is 13.4. The van der Waals surface area contributed by atoms with Crippen LogP contribution >= 0.6 is 11.8 Å². The Bertz CT molecular complexity index is 847. The van der Waals surface area contributed by atoms with Gasteiger partial charge in [-0.2, -0.15) is 0 Å². The summed E-state index contributed by atoms with van der Waals surface area (Å²) in [5.41, 5.74) is 5.23. The number of para-hydroxylation sites is 2. The lowest BCUT2D eigenvalue weighted by Gasteiger charge is -2.33. The van der Waals surface area contributed by atoms with Crippen LogP contribution in [-0.2, 0) is 5.41 Å². The highest BCUT2D eigenvalue weighted by Gasteiger charge is 2.25. The second-order valence-corrected chi connectivity index (χ2v) is 8.26. The predicted octanol–water partition coefficient (Wildman–Crippen LogP) is 6.92. The summed E-state index contributed by atoms with van der Waals surface area (Å²) in [5, 5.41) is 0. The van der Waals surface area contributed by atoms with Gasteiger partial charge in [0.05, 0.1) is 11.4 Å². The molecule has 3 aromatic carbocycles. The minimum absolute atomic E-state index is 0.138. The molecule has 0 aromatic heterocycles. The molecule has 1 nitrogen and oxygen atoms in total. The third-order valence-corrected chi connectivity index (χ3v) is 5.53. The largest absolute Gasteiger partial charge is 0.308 e. The van der Waals surface area contributed by atoms with Gasteiger partial charge in [0.15, 0.2) is 0 Å². The van der Waals surface area contributed by atoms with Gasteiger partial charge in [-0.3, -0.25) is 0 Å². The lowest BCUT2D eigenvalue weighted by atomic mass is 9.87. The van der Waals surface area contributed by atoms with E-state index in [0.717, 1.165) is 0 Å². The third-order valence-electron chi connectivity index (χ3n) is 4.40. The van der Waals surface area contributed by atoms with Crippen molar-refractivity contribution in [1.29, 1.82) is 0 Å². The first kappa shape index (κ1) is 15.3. The Hall–Kier alpha value is -2.19. The van der Waals surface area contributed by atoms with Crippen molar-refractivity contribution < 1.29 is 0 Å². The van der Waals surface area contributed by atoms with Crippen molar-refractivity contribution in [3.05, 3.63) is 78.4 Å². The molecule has 3 aromatic rings. The number of hydrogen-bond donors (Lipinski definition) is 0. The highest BCUT2D eigenvalue weighted by molar-refractivity contribution is 7.99. The topological polar surface area (TPSA) is 3.24 Å². The Balaban J connectivity index is 1.92. The molecule has 0 bridgehead atoms. The lowest BCUT2D eigenvalue weighted by molar-refractivity contribution is 0.590. The molecule has 4 rings (SSSR count). The molecule has 0 aliphatic carbocycles. The van der Waals surface area contributed by atoms with Gasteiger partial charge in [-0.05, 0) is 47.4 Å². The number of hydrogen-bond acceptors (Lipinski definition) is 2. The van der Waals surface area contributed by atoms with E-state index in [4.69, 9.17) is 0 Å². The first-order chi connectivity index (χ1) is 11.5. The zero-order valence-corrected chi connectivity index (χ0v) is 15.1. The Kier molecular flexibility index (Phi) is 3.65. The van der Waals surface area contributed by atoms with Crippen molar-refractivity contribution in [1.82, 2.24) is 0 Å². The molecule has 24 heavy (non-hydrogen) atoms. The van der Waals surface area contributed by atoms with Crippen LogP contribution in [0, 0.1) is 0 Å². The van der Waals surface area contributed by atoms with Crippen LogP contribution < -0.4 is 4.90 Å². The summed E-state index contributed by atoms with van der Waals surface area (Å²) in [4.78, 5) is 4.99. The van der Waals surface area contributed by atoms with E-state index in [0.29, 0.717) is 0 Å². The molecule has 0 atom stereocenters. The lowest BCUT2D eigenvalue weighted by Crippen LogP contribution is -2.16. The van der Waals surface area contributed by atoms with Gasteiger partial charge in [-0.1, -0.05) is 68.9 Å². The van der Waals surface area contributed by atoms with Crippen molar-refractivity contribution in [2.24, 2.45) is 0 Å². The monoisotopic (exact) mass is 331 g/mol. The molecule has 2 heteroatoms. The average molecular weight is 331 g/mol.